The Morgan fingerprint density at radius 3 is 2.81 bits per heavy atom. The highest BCUT2D eigenvalue weighted by atomic mass is 16.1. The fraction of sp³-hybridized carbons (Fsp3) is 0.278. The normalized spacial score (nSPS) is 13.6. The van der Waals surface area contributed by atoms with E-state index in [1.54, 1.807) is 0 Å². The van der Waals surface area contributed by atoms with Crippen LogP contribution in [0.5, 0.6) is 0 Å². The molecule has 0 fully saturated rings. The minimum absolute atomic E-state index is 0.0322. The smallest absolute Gasteiger partial charge is 0.255 e. The molecule has 0 spiro atoms. The zero-order chi connectivity index (χ0) is 14.8. The van der Waals surface area contributed by atoms with Crippen molar-refractivity contribution in [3.8, 4) is 0 Å². The molecule has 0 aromatic heterocycles. The molecule has 3 heteroatoms. The molecular weight excluding hydrogens is 260 g/mol. The summed E-state index contributed by atoms with van der Waals surface area (Å²) in [4.78, 5) is 12.5. The van der Waals surface area contributed by atoms with E-state index in [9.17, 15) is 4.79 Å². The van der Waals surface area contributed by atoms with Crippen molar-refractivity contribution < 1.29 is 4.79 Å². The fourth-order valence-corrected chi connectivity index (χ4v) is 2.82. The highest BCUT2D eigenvalue weighted by Gasteiger charge is 2.16. The van der Waals surface area contributed by atoms with Crippen LogP contribution in [0.4, 0.5) is 5.69 Å². The van der Waals surface area contributed by atoms with Gasteiger partial charge in [-0.25, -0.2) is 0 Å². The topological polar surface area (TPSA) is 41.1 Å². The van der Waals surface area contributed by atoms with Crippen LogP contribution >= 0.6 is 0 Å². The standard InChI is InChI=1S/C18H20N2O/c1-12-5-3-7-15(13(12)2)18(21)20-17-8-4-6-14-9-10-19-11-16(14)17/h3-8,19H,9-11H2,1-2H3,(H,20,21). The number of nitrogens with one attached hydrogen (secondary N) is 2. The average Bonchev–Trinajstić information content (AvgIpc) is 2.50. The number of aryl methyl sites for hydroxylation is 1. The molecule has 0 bridgehead atoms. The first-order valence-corrected chi connectivity index (χ1v) is 7.36. The lowest BCUT2D eigenvalue weighted by molar-refractivity contribution is 0.102. The molecule has 0 aliphatic carbocycles. The molecule has 0 saturated heterocycles. The monoisotopic (exact) mass is 280 g/mol. The second-order valence-corrected chi connectivity index (χ2v) is 5.57. The van der Waals surface area contributed by atoms with Gasteiger partial charge in [-0.2, -0.15) is 0 Å². The molecule has 3 nitrogen and oxygen atoms in total. The SMILES string of the molecule is Cc1cccc(C(=O)Nc2cccc3c2CNCC3)c1C. The van der Waals surface area contributed by atoms with Gasteiger partial charge in [0, 0.05) is 17.8 Å². The predicted octanol–water partition coefficient (Wildman–Crippen LogP) is 3.20. The van der Waals surface area contributed by atoms with Crippen LogP contribution in [-0.4, -0.2) is 12.5 Å². The minimum Gasteiger partial charge on any atom is -0.322 e. The summed E-state index contributed by atoms with van der Waals surface area (Å²) in [6.45, 7) is 5.84. The first kappa shape index (κ1) is 13.8. The summed E-state index contributed by atoms with van der Waals surface area (Å²) < 4.78 is 0. The van der Waals surface area contributed by atoms with Crippen molar-refractivity contribution in [3.05, 3.63) is 64.2 Å². The van der Waals surface area contributed by atoms with Gasteiger partial charge in [0.15, 0.2) is 0 Å². The van der Waals surface area contributed by atoms with Crippen LogP contribution in [0.25, 0.3) is 0 Å². The molecule has 0 radical (unpaired) electrons. The zero-order valence-electron chi connectivity index (χ0n) is 12.5. The van der Waals surface area contributed by atoms with Crippen molar-refractivity contribution in [2.75, 3.05) is 11.9 Å². The van der Waals surface area contributed by atoms with E-state index in [1.165, 1.54) is 11.1 Å². The van der Waals surface area contributed by atoms with Crippen molar-refractivity contribution in [2.24, 2.45) is 0 Å². The Morgan fingerprint density at radius 1 is 1.14 bits per heavy atom. The molecule has 1 aliphatic heterocycles. The first-order chi connectivity index (χ1) is 10.2. The van der Waals surface area contributed by atoms with E-state index in [1.807, 2.05) is 44.2 Å². The predicted molar refractivity (Wildman–Crippen MR) is 85.7 cm³/mol. The van der Waals surface area contributed by atoms with Gasteiger partial charge in [0.1, 0.15) is 0 Å². The molecule has 0 saturated carbocycles. The van der Waals surface area contributed by atoms with Gasteiger partial charge in [0.2, 0.25) is 0 Å². The van der Waals surface area contributed by atoms with E-state index in [2.05, 4.69) is 16.7 Å². The summed E-state index contributed by atoms with van der Waals surface area (Å²) in [5, 5.41) is 6.44. The van der Waals surface area contributed by atoms with E-state index in [4.69, 9.17) is 0 Å². The number of hydrogen-bond acceptors (Lipinski definition) is 2. The van der Waals surface area contributed by atoms with Crippen LogP contribution in [0.15, 0.2) is 36.4 Å². The number of amides is 1. The maximum atomic E-state index is 12.5. The molecule has 21 heavy (non-hydrogen) atoms. The first-order valence-electron chi connectivity index (χ1n) is 7.36. The number of rotatable bonds is 2. The Bertz CT molecular complexity index is 692. The maximum absolute atomic E-state index is 12.5. The molecule has 0 atom stereocenters. The highest BCUT2D eigenvalue weighted by Crippen LogP contribution is 2.24. The maximum Gasteiger partial charge on any atom is 0.255 e. The van der Waals surface area contributed by atoms with Crippen molar-refractivity contribution in [1.29, 1.82) is 0 Å². The summed E-state index contributed by atoms with van der Waals surface area (Å²) in [5.74, 6) is -0.0322. The molecule has 0 unspecified atom stereocenters. The summed E-state index contributed by atoms with van der Waals surface area (Å²) in [7, 11) is 0. The lowest BCUT2D eigenvalue weighted by atomic mass is 9.98. The third-order valence-electron chi connectivity index (χ3n) is 4.24. The summed E-state index contributed by atoms with van der Waals surface area (Å²) in [6, 6.07) is 12.0. The number of fused-ring (bicyclic) bond motifs is 1. The third-order valence-corrected chi connectivity index (χ3v) is 4.24. The summed E-state index contributed by atoms with van der Waals surface area (Å²) >= 11 is 0. The molecule has 1 amide bonds. The lowest BCUT2D eigenvalue weighted by Gasteiger charge is -2.21. The van der Waals surface area contributed by atoms with Crippen molar-refractivity contribution in [3.63, 3.8) is 0 Å². The molecule has 1 aliphatic rings. The molecule has 108 valence electrons. The Morgan fingerprint density at radius 2 is 1.95 bits per heavy atom. The van der Waals surface area contributed by atoms with Gasteiger partial charge < -0.3 is 10.6 Å². The number of anilines is 1. The lowest BCUT2D eigenvalue weighted by Crippen LogP contribution is -2.25. The van der Waals surface area contributed by atoms with E-state index in [-0.39, 0.29) is 5.91 Å². The number of benzene rings is 2. The molecule has 3 rings (SSSR count). The largest absolute Gasteiger partial charge is 0.322 e. The van der Waals surface area contributed by atoms with E-state index >= 15 is 0 Å². The highest BCUT2D eigenvalue weighted by molar-refractivity contribution is 6.05. The van der Waals surface area contributed by atoms with Crippen LogP contribution in [-0.2, 0) is 13.0 Å². The number of hydrogen-bond donors (Lipinski definition) is 2. The van der Waals surface area contributed by atoms with Gasteiger partial charge >= 0.3 is 0 Å². The quantitative estimate of drug-likeness (QED) is 0.887. The number of carbonyl (C=O) groups excluding carboxylic acids is 1. The Kier molecular flexibility index (Phi) is 3.76. The van der Waals surface area contributed by atoms with E-state index in [0.29, 0.717) is 0 Å². The minimum atomic E-state index is -0.0322. The van der Waals surface area contributed by atoms with Crippen molar-refractivity contribution in [1.82, 2.24) is 5.32 Å². The van der Waals surface area contributed by atoms with Crippen LogP contribution < -0.4 is 10.6 Å². The Balaban J connectivity index is 1.90. The second kappa shape index (κ2) is 5.70. The van der Waals surface area contributed by atoms with Gasteiger partial charge in [-0.05, 0) is 61.2 Å². The van der Waals surface area contributed by atoms with Crippen LogP contribution in [0, 0.1) is 13.8 Å². The second-order valence-electron chi connectivity index (χ2n) is 5.57. The van der Waals surface area contributed by atoms with E-state index < -0.39 is 0 Å². The molecule has 2 N–H and O–H groups in total. The molecular formula is C18H20N2O. The fourth-order valence-electron chi connectivity index (χ4n) is 2.82. The van der Waals surface area contributed by atoms with Crippen LogP contribution in [0.3, 0.4) is 0 Å². The third kappa shape index (κ3) is 2.69. The summed E-state index contributed by atoms with van der Waals surface area (Å²) in [5.41, 5.74) is 6.38. The van der Waals surface area contributed by atoms with Gasteiger partial charge in [0.25, 0.3) is 5.91 Å². The zero-order valence-corrected chi connectivity index (χ0v) is 12.5. The Labute approximate surface area is 125 Å². The van der Waals surface area contributed by atoms with Gasteiger partial charge in [-0.1, -0.05) is 24.3 Å². The van der Waals surface area contributed by atoms with Crippen LogP contribution in [0.2, 0.25) is 0 Å². The molecule has 1 heterocycles. The summed E-state index contributed by atoms with van der Waals surface area (Å²) in [6.07, 6.45) is 1.02. The van der Waals surface area contributed by atoms with Gasteiger partial charge in [-0.3, -0.25) is 4.79 Å². The van der Waals surface area contributed by atoms with Crippen LogP contribution in [0.1, 0.15) is 32.6 Å². The van der Waals surface area contributed by atoms with Gasteiger partial charge in [0.05, 0.1) is 0 Å². The van der Waals surface area contributed by atoms with Crippen molar-refractivity contribution in [2.45, 2.75) is 26.8 Å². The molecule has 2 aromatic rings. The van der Waals surface area contributed by atoms with Gasteiger partial charge in [-0.15, -0.1) is 0 Å². The van der Waals surface area contributed by atoms with Crippen molar-refractivity contribution >= 4 is 11.6 Å². The van der Waals surface area contributed by atoms with E-state index in [0.717, 1.165) is 41.9 Å². The molecule has 2 aromatic carbocycles. The Hall–Kier alpha value is -2.13. The average molecular weight is 280 g/mol. The number of carbonyl (C=O) groups is 1.